The maximum atomic E-state index is 10.6. The van der Waals surface area contributed by atoms with Gasteiger partial charge in [-0.05, 0) is 18.9 Å². The third-order valence-electron chi connectivity index (χ3n) is 2.68. The van der Waals surface area contributed by atoms with Gasteiger partial charge >= 0.3 is 5.97 Å². The van der Waals surface area contributed by atoms with Gasteiger partial charge in [0.1, 0.15) is 0 Å². The summed E-state index contributed by atoms with van der Waals surface area (Å²) in [6, 6.07) is 3.36. The molecule has 2 unspecified atom stereocenters. The maximum absolute atomic E-state index is 10.6. The van der Waals surface area contributed by atoms with E-state index in [9.17, 15) is 4.79 Å². The second-order valence-electron chi connectivity index (χ2n) is 3.79. The lowest BCUT2D eigenvalue weighted by Gasteiger charge is -2.19. The minimum Gasteiger partial charge on any atom is -0.475 e. The van der Waals surface area contributed by atoms with E-state index in [1.807, 2.05) is 0 Å². The molecule has 1 heterocycles. The fourth-order valence-electron chi connectivity index (χ4n) is 1.25. The van der Waals surface area contributed by atoms with E-state index in [2.05, 4.69) is 26.1 Å². The lowest BCUT2D eigenvalue weighted by molar-refractivity contribution is 0.0663. The standard InChI is InChI=1S/C11H17NO3/c1-4-7(2)8(3)12-10-6-5-9(15-10)11(13)14/h5-8,12H,4H2,1-3H3,(H,13,14). The van der Waals surface area contributed by atoms with Crippen molar-refractivity contribution in [2.24, 2.45) is 5.92 Å². The summed E-state index contributed by atoms with van der Waals surface area (Å²) in [6.07, 6.45) is 1.07. The number of nitrogens with one attached hydrogen (secondary N) is 1. The number of hydrogen-bond donors (Lipinski definition) is 2. The zero-order chi connectivity index (χ0) is 11.4. The molecule has 0 aliphatic heterocycles. The average Bonchev–Trinajstić information content (AvgIpc) is 2.65. The van der Waals surface area contributed by atoms with E-state index in [0.717, 1.165) is 6.42 Å². The first-order chi connectivity index (χ1) is 7.04. The van der Waals surface area contributed by atoms with E-state index in [4.69, 9.17) is 9.52 Å². The molecule has 84 valence electrons. The first kappa shape index (κ1) is 11.6. The summed E-state index contributed by atoms with van der Waals surface area (Å²) in [5.41, 5.74) is 0. The molecule has 2 N–H and O–H groups in total. The molecular weight excluding hydrogens is 194 g/mol. The highest BCUT2D eigenvalue weighted by molar-refractivity contribution is 5.84. The Bertz CT molecular complexity index is 332. The lowest BCUT2D eigenvalue weighted by Crippen LogP contribution is -2.22. The van der Waals surface area contributed by atoms with Crippen molar-refractivity contribution < 1.29 is 14.3 Å². The molecule has 0 aromatic carbocycles. The van der Waals surface area contributed by atoms with Crippen LogP contribution in [0.25, 0.3) is 0 Å². The number of anilines is 1. The minimum absolute atomic E-state index is 0.0335. The number of hydrogen-bond acceptors (Lipinski definition) is 3. The van der Waals surface area contributed by atoms with Crippen LogP contribution >= 0.6 is 0 Å². The van der Waals surface area contributed by atoms with Crippen LogP contribution in [0.2, 0.25) is 0 Å². The third kappa shape index (κ3) is 3.01. The second kappa shape index (κ2) is 4.87. The van der Waals surface area contributed by atoms with Gasteiger partial charge in [-0.3, -0.25) is 0 Å². The fourth-order valence-corrected chi connectivity index (χ4v) is 1.25. The minimum atomic E-state index is -1.04. The molecule has 0 fully saturated rings. The molecular formula is C11H17NO3. The summed E-state index contributed by atoms with van der Waals surface area (Å²) in [5.74, 6) is -0.0447. The summed E-state index contributed by atoms with van der Waals surface area (Å²) in [7, 11) is 0. The molecule has 0 radical (unpaired) electrons. The van der Waals surface area contributed by atoms with E-state index in [0.29, 0.717) is 11.8 Å². The summed E-state index contributed by atoms with van der Waals surface area (Å²) < 4.78 is 5.10. The molecule has 1 rings (SSSR count). The second-order valence-corrected chi connectivity index (χ2v) is 3.79. The van der Waals surface area contributed by atoms with Crippen LogP contribution < -0.4 is 5.32 Å². The van der Waals surface area contributed by atoms with Crippen LogP contribution in [-0.4, -0.2) is 17.1 Å². The summed E-state index contributed by atoms with van der Waals surface area (Å²) >= 11 is 0. The number of carboxylic acids is 1. The Hall–Kier alpha value is -1.45. The van der Waals surface area contributed by atoms with Crippen molar-refractivity contribution in [3.63, 3.8) is 0 Å². The molecule has 0 saturated carbocycles. The van der Waals surface area contributed by atoms with Gasteiger partial charge in [0.25, 0.3) is 0 Å². The van der Waals surface area contributed by atoms with Gasteiger partial charge in [0.15, 0.2) is 5.88 Å². The van der Waals surface area contributed by atoms with Gasteiger partial charge in [-0.15, -0.1) is 0 Å². The van der Waals surface area contributed by atoms with Crippen molar-refractivity contribution in [2.45, 2.75) is 33.2 Å². The van der Waals surface area contributed by atoms with Crippen molar-refractivity contribution in [1.29, 1.82) is 0 Å². The van der Waals surface area contributed by atoms with E-state index >= 15 is 0 Å². The quantitative estimate of drug-likeness (QED) is 0.786. The SMILES string of the molecule is CCC(C)C(C)Nc1ccc(C(=O)O)o1. The normalized spacial score (nSPS) is 14.6. The zero-order valence-electron chi connectivity index (χ0n) is 9.28. The molecule has 15 heavy (non-hydrogen) atoms. The Labute approximate surface area is 89.3 Å². The van der Waals surface area contributed by atoms with Crippen molar-refractivity contribution >= 4 is 11.9 Å². The van der Waals surface area contributed by atoms with E-state index in [1.165, 1.54) is 6.07 Å². The fraction of sp³-hybridized carbons (Fsp3) is 0.545. The lowest BCUT2D eigenvalue weighted by atomic mass is 10.0. The first-order valence-corrected chi connectivity index (χ1v) is 5.14. The van der Waals surface area contributed by atoms with E-state index in [-0.39, 0.29) is 11.8 Å². The van der Waals surface area contributed by atoms with Crippen LogP contribution in [0.1, 0.15) is 37.7 Å². The number of rotatable bonds is 5. The highest BCUT2D eigenvalue weighted by Gasteiger charge is 2.13. The van der Waals surface area contributed by atoms with Gasteiger partial charge in [0, 0.05) is 12.1 Å². The van der Waals surface area contributed by atoms with Crippen molar-refractivity contribution in [2.75, 3.05) is 5.32 Å². The number of furan rings is 1. The van der Waals surface area contributed by atoms with Crippen LogP contribution in [0.5, 0.6) is 0 Å². The first-order valence-electron chi connectivity index (χ1n) is 5.14. The molecule has 0 spiro atoms. The van der Waals surface area contributed by atoms with Crippen LogP contribution in [0.3, 0.4) is 0 Å². The van der Waals surface area contributed by atoms with Gasteiger partial charge in [-0.2, -0.15) is 0 Å². The molecule has 0 amide bonds. The number of carboxylic acid groups (broad SMARTS) is 1. The largest absolute Gasteiger partial charge is 0.475 e. The average molecular weight is 211 g/mol. The van der Waals surface area contributed by atoms with E-state index < -0.39 is 5.97 Å². The van der Waals surface area contributed by atoms with Crippen LogP contribution in [-0.2, 0) is 0 Å². The van der Waals surface area contributed by atoms with E-state index in [1.54, 1.807) is 6.07 Å². The number of carbonyl (C=O) groups is 1. The summed E-state index contributed by atoms with van der Waals surface area (Å²) in [5, 5.41) is 11.8. The molecule has 0 saturated heterocycles. The van der Waals surface area contributed by atoms with Crippen molar-refractivity contribution in [1.82, 2.24) is 0 Å². The van der Waals surface area contributed by atoms with Gasteiger partial charge in [-0.1, -0.05) is 20.3 Å². The van der Waals surface area contributed by atoms with Gasteiger partial charge < -0.3 is 14.8 Å². The Morgan fingerprint density at radius 3 is 2.67 bits per heavy atom. The van der Waals surface area contributed by atoms with Crippen molar-refractivity contribution in [3.05, 3.63) is 17.9 Å². The van der Waals surface area contributed by atoms with Gasteiger partial charge in [0.2, 0.25) is 5.76 Å². The van der Waals surface area contributed by atoms with Crippen LogP contribution in [0, 0.1) is 5.92 Å². The molecule has 0 aliphatic rings. The van der Waals surface area contributed by atoms with Gasteiger partial charge in [-0.25, -0.2) is 4.79 Å². The molecule has 4 nitrogen and oxygen atoms in total. The third-order valence-corrected chi connectivity index (χ3v) is 2.68. The Kier molecular flexibility index (Phi) is 3.77. The van der Waals surface area contributed by atoms with Crippen LogP contribution in [0.15, 0.2) is 16.5 Å². The van der Waals surface area contributed by atoms with Crippen LogP contribution in [0.4, 0.5) is 5.88 Å². The highest BCUT2D eigenvalue weighted by atomic mass is 16.4. The van der Waals surface area contributed by atoms with Gasteiger partial charge in [0.05, 0.1) is 0 Å². The topological polar surface area (TPSA) is 62.5 Å². The Balaban J connectivity index is 2.61. The Morgan fingerprint density at radius 2 is 2.20 bits per heavy atom. The smallest absolute Gasteiger partial charge is 0.371 e. The molecule has 1 aromatic rings. The molecule has 1 aromatic heterocycles. The molecule has 2 atom stereocenters. The van der Waals surface area contributed by atoms with Crippen molar-refractivity contribution in [3.8, 4) is 0 Å². The monoisotopic (exact) mass is 211 g/mol. The summed E-state index contributed by atoms with van der Waals surface area (Å²) in [4.78, 5) is 10.6. The highest BCUT2D eigenvalue weighted by Crippen LogP contribution is 2.17. The number of aromatic carboxylic acids is 1. The molecule has 0 aliphatic carbocycles. The maximum Gasteiger partial charge on any atom is 0.371 e. The predicted molar refractivity (Wildman–Crippen MR) is 58.2 cm³/mol. The summed E-state index contributed by atoms with van der Waals surface area (Å²) in [6.45, 7) is 6.31. The molecule has 0 bridgehead atoms. The molecule has 4 heteroatoms. The zero-order valence-corrected chi connectivity index (χ0v) is 9.28. The predicted octanol–water partition coefficient (Wildman–Crippen LogP) is 2.82. The Morgan fingerprint density at radius 1 is 1.53 bits per heavy atom.